The van der Waals surface area contributed by atoms with Crippen molar-refractivity contribution in [3.05, 3.63) is 39.9 Å². The van der Waals surface area contributed by atoms with Gasteiger partial charge < -0.3 is 9.64 Å². The predicted octanol–water partition coefficient (Wildman–Crippen LogP) is 3.03. The van der Waals surface area contributed by atoms with Crippen molar-refractivity contribution in [1.29, 1.82) is 0 Å². The van der Waals surface area contributed by atoms with Crippen molar-refractivity contribution in [3.63, 3.8) is 0 Å². The van der Waals surface area contributed by atoms with Crippen molar-refractivity contribution < 1.29 is 14.3 Å². The summed E-state index contributed by atoms with van der Waals surface area (Å²) in [5.74, 6) is -0.620. The van der Waals surface area contributed by atoms with E-state index in [4.69, 9.17) is 27.9 Å². The van der Waals surface area contributed by atoms with Crippen LogP contribution in [-0.4, -0.2) is 37.5 Å². The fraction of sp³-hybridized carbons (Fsp3) is 0.286. The van der Waals surface area contributed by atoms with Gasteiger partial charge in [-0.15, -0.1) is 0 Å². The zero-order valence-electron chi connectivity index (χ0n) is 11.2. The molecule has 4 nitrogen and oxygen atoms in total. The van der Waals surface area contributed by atoms with Gasteiger partial charge in [0.2, 0.25) is 5.91 Å². The molecule has 1 rings (SSSR count). The monoisotopic (exact) mass is 315 g/mol. The number of hydrogen-bond donors (Lipinski definition) is 0. The molecule has 0 fully saturated rings. The van der Waals surface area contributed by atoms with Crippen molar-refractivity contribution in [1.82, 2.24) is 4.90 Å². The van der Waals surface area contributed by atoms with Crippen molar-refractivity contribution in [2.24, 2.45) is 0 Å². The normalized spacial score (nSPS) is 10.6. The molecule has 0 unspecified atom stereocenters. The van der Waals surface area contributed by atoms with E-state index in [-0.39, 0.29) is 18.9 Å². The van der Waals surface area contributed by atoms with E-state index in [1.165, 1.54) is 17.1 Å². The van der Waals surface area contributed by atoms with Crippen molar-refractivity contribution in [3.8, 4) is 0 Å². The number of ether oxygens (including phenoxy) is 1. The molecule has 1 aromatic carbocycles. The molecule has 0 saturated heterocycles. The summed E-state index contributed by atoms with van der Waals surface area (Å²) in [6, 6.07) is 4.96. The molecule has 0 bridgehead atoms. The Balaban J connectivity index is 2.46. The van der Waals surface area contributed by atoms with E-state index in [0.29, 0.717) is 15.6 Å². The van der Waals surface area contributed by atoms with Gasteiger partial charge in [-0.05, 0) is 23.8 Å². The Hall–Kier alpha value is -1.52. The summed E-state index contributed by atoms with van der Waals surface area (Å²) in [5.41, 5.74) is 0.664. The van der Waals surface area contributed by atoms with E-state index in [1.807, 2.05) is 0 Å². The van der Waals surface area contributed by atoms with Gasteiger partial charge in [0.15, 0.2) is 0 Å². The lowest BCUT2D eigenvalue weighted by atomic mass is 10.2. The minimum atomic E-state index is -0.525. The van der Waals surface area contributed by atoms with Crippen LogP contribution in [0.1, 0.15) is 12.0 Å². The summed E-state index contributed by atoms with van der Waals surface area (Å²) in [6.07, 6.45) is 2.96. The van der Waals surface area contributed by atoms with Gasteiger partial charge in [0, 0.05) is 30.2 Å². The zero-order valence-corrected chi connectivity index (χ0v) is 12.7. The van der Waals surface area contributed by atoms with Crippen LogP contribution >= 0.6 is 23.2 Å². The predicted molar refractivity (Wildman–Crippen MR) is 79.8 cm³/mol. The fourth-order valence-electron chi connectivity index (χ4n) is 1.31. The summed E-state index contributed by atoms with van der Waals surface area (Å²) >= 11 is 11.7. The van der Waals surface area contributed by atoms with E-state index in [0.717, 1.165) is 0 Å². The standard InChI is InChI=1S/C14H15Cl2NO3/c1-17(2)13(18)7-8-20-14(19)6-4-10-3-5-11(15)9-12(10)16/h3-6,9H,7-8H2,1-2H3. The summed E-state index contributed by atoms with van der Waals surface area (Å²) in [6.45, 7) is 0.0501. The highest BCUT2D eigenvalue weighted by Crippen LogP contribution is 2.21. The first-order valence-corrected chi connectivity index (χ1v) is 6.66. The van der Waals surface area contributed by atoms with Crippen molar-refractivity contribution in [2.45, 2.75) is 6.42 Å². The molecule has 0 aromatic heterocycles. The molecule has 0 aliphatic rings. The number of rotatable bonds is 5. The lowest BCUT2D eigenvalue weighted by Crippen LogP contribution is -2.23. The third-order valence-corrected chi connectivity index (χ3v) is 2.98. The van der Waals surface area contributed by atoms with Gasteiger partial charge >= 0.3 is 5.97 Å². The first-order valence-electron chi connectivity index (χ1n) is 5.90. The van der Waals surface area contributed by atoms with Gasteiger partial charge in [-0.2, -0.15) is 0 Å². The van der Waals surface area contributed by atoms with Crippen molar-refractivity contribution >= 4 is 41.2 Å². The Morgan fingerprint density at radius 1 is 1.30 bits per heavy atom. The van der Waals surface area contributed by atoms with E-state index >= 15 is 0 Å². The maximum Gasteiger partial charge on any atom is 0.330 e. The average molecular weight is 316 g/mol. The van der Waals surface area contributed by atoms with Gasteiger partial charge in [0.25, 0.3) is 0 Å². The summed E-state index contributed by atoms with van der Waals surface area (Å²) < 4.78 is 4.91. The lowest BCUT2D eigenvalue weighted by Gasteiger charge is -2.09. The van der Waals surface area contributed by atoms with Gasteiger partial charge in [0.1, 0.15) is 6.61 Å². The smallest absolute Gasteiger partial charge is 0.330 e. The number of esters is 1. The number of benzene rings is 1. The second-order valence-corrected chi connectivity index (χ2v) is 5.05. The molecule has 0 aliphatic carbocycles. The topological polar surface area (TPSA) is 46.6 Å². The number of carbonyl (C=O) groups is 2. The molecular formula is C14H15Cl2NO3. The molecule has 1 amide bonds. The molecule has 0 N–H and O–H groups in total. The highest BCUT2D eigenvalue weighted by atomic mass is 35.5. The van der Waals surface area contributed by atoms with E-state index < -0.39 is 5.97 Å². The van der Waals surface area contributed by atoms with Gasteiger partial charge in [-0.25, -0.2) is 4.79 Å². The van der Waals surface area contributed by atoms with Crippen LogP contribution in [0.5, 0.6) is 0 Å². The molecule has 6 heteroatoms. The number of carbonyl (C=O) groups excluding carboxylic acids is 2. The molecule has 108 valence electrons. The van der Waals surface area contributed by atoms with Gasteiger partial charge in [-0.1, -0.05) is 29.3 Å². The van der Waals surface area contributed by atoms with Gasteiger partial charge in [0.05, 0.1) is 6.42 Å². The molecule has 20 heavy (non-hydrogen) atoms. The molecule has 0 heterocycles. The van der Waals surface area contributed by atoms with Crippen LogP contribution in [0.15, 0.2) is 24.3 Å². The Bertz CT molecular complexity index is 527. The highest BCUT2D eigenvalue weighted by molar-refractivity contribution is 6.35. The third kappa shape index (κ3) is 5.63. The fourth-order valence-corrected chi connectivity index (χ4v) is 1.78. The van der Waals surface area contributed by atoms with E-state index in [1.54, 1.807) is 32.3 Å². The SMILES string of the molecule is CN(C)C(=O)CCOC(=O)C=Cc1ccc(Cl)cc1Cl. The number of hydrogen-bond acceptors (Lipinski definition) is 3. The van der Waals surface area contributed by atoms with Crippen molar-refractivity contribution in [2.75, 3.05) is 20.7 Å². The van der Waals surface area contributed by atoms with Gasteiger partial charge in [-0.3, -0.25) is 4.79 Å². The number of amides is 1. The van der Waals surface area contributed by atoms with Crippen LogP contribution in [0.2, 0.25) is 10.0 Å². The Morgan fingerprint density at radius 2 is 2.00 bits per heavy atom. The van der Waals surface area contributed by atoms with Crippen LogP contribution in [0, 0.1) is 0 Å². The minimum Gasteiger partial charge on any atom is -0.462 e. The third-order valence-electron chi connectivity index (χ3n) is 2.42. The Labute approximate surface area is 127 Å². The summed E-state index contributed by atoms with van der Waals surface area (Å²) in [4.78, 5) is 24.2. The molecule has 0 aliphatic heterocycles. The quantitative estimate of drug-likeness (QED) is 0.620. The summed E-state index contributed by atoms with van der Waals surface area (Å²) in [7, 11) is 3.29. The minimum absolute atomic E-state index is 0.0501. The number of nitrogens with zero attached hydrogens (tertiary/aromatic N) is 1. The average Bonchev–Trinajstić information content (AvgIpc) is 2.37. The molecule has 0 saturated carbocycles. The van der Waals surface area contributed by atoms with Crippen LogP contribution in [0.4, 0.5) is 0 Å². The highest BCUT2D eigenvalue weighted by Gasteiger charge is 2.05. The second-order valence-electron chi connectivity index (χ2n) is 4.20. The van der Waals surface area contributed by atoms with Crippen LogP contribution in [-0.2, 0) is 14.3 Å². The maximum absolute atomic E-state index is 11.4. The largest absolute Gasteiger partial charge is 0.462 e. The van der Waals surface area contributed by atoms with E-state index in [2.05, 4.69) is 0 Å². The zero-order chi connectivity index (χ0) is 15.1. The molecular weight excluding hydrogens is 301 g/mol. The van der Waals surface area contributed by atoms with Crippen LogP contribution < -0.4 is 0 Å². The van der Waals surface area contributed by atoms with Crippen LogP contribution in [0.25, 0.3) is 6.08 Å². The lowest BCUT2D eigenvalue weighted by molar-refractivity contribution is -0.139. The molecule has 1 aromatic rings. The first-order chi connectivity index (χ1) is 9.40. The van der Waals surface area contributed by atoms with Crippen LogP contribution in [0.3, 0.4) is 0 Å². The Morgan fingerprint density at radius 3 is 2.60 bits per heavy atom. The number of halogens is 2. The molecule has 0 atom stereocenters. The molecule has 0 radical (unpaired) electrons. The second kappa shape index (κ2) is 7.92. The molecule has 0 spiro atoms. The Kier molecular flexibility index (Phi) is 6.55. The first kappa shape index (κ1) is 16.5. The maximum atomic E-state index is 11.4. The summed E-state index contributed by atoms with van der Waals surface area (Å²) in [5, 5.41) is 0.973. The van der Waals surface area contributed by atoms with E-state index in [9.17, 15) is 9.59 Å².